The molecule has 29 heavy (non-hydrogen) atoms. The van der Waals surface area contributed by atoms with Crippen molar-refractivity contribution in [3.05, 3.63) is 80.5 Å². The predicted molar refractivity (Wildman–Crippen MR) is 120 cm³/mol. The molecule has 1 aliphatic rings. The summed E-state index contributed by atoms with van der Waals surface area (Å²) in [4.78, 5) is 17.2. The molecule has 3 heterocycles. The second kappa shape index (κ2) is 7.67. The van der Waals surface area contributed by atoms with Crippen LogP contribution >= 0.6 is 22.9 Å². The Kier molecular flexibility index (Phi) is 4.87. The molecule has 0 aliphatic carbocycles. The normalized spacial score (nSPS) is 13.1. The first kappa shape index (κ1) is 18.4. The molecule has 0 bridgehead atoms. The zero-order chi connectivity index (χ0) is 19.8. The van der Waals surface area contributed by atoms with Crippen LogP contribution < -0.4 is 10.6 Å². The average Bonchev–Trinajstić information content (AvgIpc) is 3.46. The minimum absolute atomic E-state index is 0.0632. The fourth-order valence-corrected chi connectivity index (χ4v) is 4.81. The number of fused-ring (bicyclic) bond motifs is 2. The number of carbonyl (C=O) groups is 1. The van der Waals surface area contributed by atoms with Crippen LogP contribution in [-0.4, -0.2) is 17.4 Å². The van der Waals surface area contributed by atoms with E-state index < -0.39 is 0 Å². The van der Waals surface area contributed by atoms with E-state index in [1.165, 1.54) is 10.4 Å². The van der Waals surface area contributed by atoms with Gasteiger partial charge in [0.15, 0.2) is 0 Å². The third-order valence-corrected chi connectivity index (χ3v) is 6.63. The summed E-state index contributed by atoms with van der Waals surface area (Å²) in [5.74, 6) is -0.0632. The fourth-order valence-electron chi connectivity index (χ4n) is 3.87. The van der Waals surface area contributed by atoms with Crippen LogP contribution in [0.25, 0.3) is 22.2 Å². The molecule has 0 saturated carbocycles. The topological polar surface area (TPSA) is 56.9 Å². The Morgan fingerprint density at radius 3 is 2.93 bits per heavy atom. The third kappa shape index (κ3) is 3.57. The first-order valence-corrected chi connectivity index (χ1v) is 10.9. The summed E-state index contributed by atoms with van der Waals surface area (Å²) in [5, 5.41) is 10.3. The number of aromatic amines is 1. The number of carbonyl (C=O) groups excluding carboxylic acids is 1. The highest BCUT2D eigenvalue weighted by Gasteiger charge is 2.26. The van der Waals surface area contributed by atoms with Gasteiger partial charge < -0.3 is 15.6 Å². The van der Waals surface area contributed by atoms with Crippen LogP contribution in [0.3, 0.4) is 0 Å². The minimum atomic E-state index is -0.0632. The first-order chi connectivity index (χ1) is 14.2. The van der Waals surface area contributed by atoms with Gasteiger partial charge in [-0.25, -0.2) is 0 Å². The summed E-state index contributed by atoms with van der Waals surface area (Å²) in [5.41, 5.74) is 5.69. The molecular weight excluding hydrogens is 402 g/mol. The summed E-state index contributed by atoms with van der Waals surface area (Å²) in [6.45, 7) is 2.28. The van der Waals surface area contributed by atoms with Gasteiger partial charge in [-0.3, -0.25) is 4.79 Å². The summed E-state index contributed by atoms with van der Waals surface area (Å²) in [6.07, 6.45) is 1.05. The van der Waals surface area contributed by atoms with Gasteiger partial charge in [0.05, 0.1) is 5.56 Å². The van der Waals surface area contributed by atoms with Crippen molar-refractivity contribution in [3.8, 4) is 11.3 Å². The fraction of sp³-hybridized carbons (Fsp3) is 0.174. The Morgan fingerprint density at radius 1 is 1.14 bits per heavy atom. The summed E-state index contributed by atoms with van der Waals surface area (Å²) in [6, 6.07) is 16.6. The number of hydrogen-bond acceptors (Lipinski definition) is 3. The second-order valence-electron chi connectivity index (χ2n) is 7.24. The van der Waals surface area contributed by atoms with Crippen molar-refractivity contribution in [2.24, 2.45) is 0 Å². The van der Waals surface area contributed by atoms with E-state index in [2.05, 4.69) is 57.4 Å². The molecule has 4 aromatic rings. The van der Waals surface area contributed by atoms with Gasteiger partial charge in [-0.05, 0) is 47.7 Å². The molecule has 1 aliphatic heterocycles. The lowest BCUT2D eigenvalue weighted by atomic mass is 10.0. The molecule has 2 aromatic heterocycles. The number of halogens is 1. The maximum absolute atomic E-state index is 12.3. The number of rotatable bonds is 6. The van der Waals surface area contributed by atoms with Gasteiger partial charge in [0.1, 0.15) is 0 Å². The number of H-pyrrole nitrogens is 1. The van der Waals surface area contributed by atoms with Crippen LogP contribution in [0.2, 0.25) is 5.02 Å². The smallest absolute Gasteiger partial charge is 0.252 e. The lowest BCUT2D eigenvalue weighted by Crippen LogP contribution is -2.16. The minimum Gasteiger partial charge on any atom is -0.355 e. The molecule has 0 saturated heterocycles. The van der Waals surface area contributed by atoms with Crippen molar-refractivity contribution >= 4 is 39.7 Å². The van der Waals surface area contributed by atoms with E-state index in [0.717, 1.165) is 47.2 Å². The molecule has 2 aromatic carbocycles. The van der Waals surface area contributed by atoms with Gasteiger partial charge in [-0.1, -0.05) is 29.8 Å². The van der Waals surface area contributed by atoms with E-state index in [1.807, 2.05) is 12.1 Å². The summed E-state index contributed by atoms with van der Waals surface area (Å²) < 4.78 is 0. The molecule has 5 rings (SSSR count). The third-order valence-electron chi connectivity index (χ3n) is 5.34. The van der Waals surface area contributed by atoms with Gasteiger partial charge >= 0.3 is 0 Å². The Morgan fingerprint density at radius 2 is 2.07 bits per heavy atom. The van der Waals surface area contributed by atoms with Crippen LogP contribution in [0.15, 0.2) is 53.9 Å². The van der Waals surface area contributed by atoms with Crippen molar-refractivity contribution in [3.63, 3.8) is 0 Å². The van der Waals surface area contributed by atoms with Crippen molar-refractivity contribution in [1.82, 2.24) is 15.6 Å². The summed E-state index contributed by atoms with van der Waals surface area (Å²) >= 11 is 8.08. The Bertz CT molecular complexity index is 1200. The molecular formula is C23H20ClN3OS. The number of hydrogen-bond donors (Lipinski definition) is 3. The van der Waals surface area contributed by atoms with E-state index in [0.29, 0.717) is 17.1 Å². The van der Waals surface area contributed by atoms with Crippen LogP contribution in [0.4, 0.5) is 0 Å². The second-order valence-corrected chi connectivity index (χ2v) is 8.68. The van der Waals surface area contributed by atoms with Crippen LogP contribution in [0, 0.1) is 0 Å². The molecule has 0 fully saturated rings. The molecule has 146 valence electrons. The van der Waals surface area contributed by atoms with Gasteiger partial charge in [0.25, 0.3) is 5.91 Å². The SMILES string of the molecule is O=C1NCc2c(Cl)ccc(-c3cc4cc(CNCCc5cccs5)ccc4[nH]3)c21. The standard InChI is InChI=1S/C23H20ClN3OS/c24-19-5-4-17(22-18(19)13-26-23(22)28)21-11-15-10-14(3-6-20(15)27-21)12-25-8-7-16-2-1-9-29-16/h1-6,9-11,25,27H,7-8,12-13H2,(H,26,28). The van der Waals surface area contributed by atoms with E-state index in [9.17, 15) is 4.79 Å². The molecule has 1 amide bonds. The highest BCUT2D eigenvalue weighted by Crippen LogP contribution is 2.34. The van der Waals surface area contributed by atoms with Gasteiger partial charge in [-0.2, -0.15) is 0 Å². The Balaban J connectivity index is 1.36. The molecule has 0 radical (unpaired) electrons. The zero-order valence-electron chi connectivity index (χ0n) is 15.7. The average molecular weight is 422 g/mol. The number of aromatic nitrogens is 1. The van der Waals surface area contributed by atoms with Crippen molar-refractivity contribution in [2.75, 3.05) is 6.54 Å². The van der Waals surface area contributed by atoms with E-state index in [4.69, 9.17) is 11.6 Å². The van der Waals surface area contributed by atoms with Crippen LogP contribution in [0.1, 0.15) is 26.4 Å². The molecule has 0 atom stereocenters. The van der Waals surface area contributed by atoms with E-state index in [-0.39, 0.29) is 5.91 Å². The number of thiophene rings is 1. The van der Waals surface area contributed by atoms with E-state index >= 15 is 0 Å². The number of amides is 1. The molecule has 0 unspecified atom stereocenters. The van der Waals surface area contributed by atoms with Crippen molar-refractivity contribution in [1.29, 1.82) is 0 Å². The Hall–Kier alpha value is -2.60. The highest BCUT2D eigenvalue weighted by atomic mass is 35.5. The Labute approximate surface area is 177 Å². The van der Waals surface area contributed by atoms with Crippen molar-refractivity contribution < 1.29 is 4.79 Å². The van der Waals surface area contributed by atoms with Gasteiger partial charge in [-0.15, -0.1) is 11.3 Å². The maximum Gasteiger partial charge on any atom is 0.252 e. The van der Waals surface area contributed by atoms with Gasteiger partial charge in [0.2, 0.25) is 0 Å². The largest absolute Gasteiger partial charge is 0.355 e. The van der Waals surface area contributed by atoms with Gasteiger partial charge in [0, 0.05) is 57.3 Å². The van der Waals surface area contributed by atoms with Crippen LogP contribution in [0.5, 0.6) is 0 Å². The van der Waals surface area contributed by atoms with Crippen molar-refractivity contribution in [2.45, 2.75) is 19.5 Å². The quantitative estimate of drug-likeness (QED) is 0.378. The molecule has 4 nitrogen and oxygen atoms in total. The molecule has 0 spiro atoms. The lowest BCUT2D eigenvalue weighted by molar-refractivity contribution is 0.0966. The summed E-state index contributed by atoms with van der Waals surface area (Å²) in [7, 11) is 0. The molecule has 6 heteroatoms. The maximum atomic E-state index is 12.3. The first-order valence-electron chi connectivity index (χ1n) is 9.64. The number of nitrogens with one attached hydrogen (secondary N) is 3. The van der Waals surface area contributed by atoms with Crippen LogP contribution in [-0.2, 0) is 19.5 Å². The predicted octanol–water partition coefficient (Wildman–Crippen LogP) is 5.13. The molecule has 3 N–H and O–H groups in total. The number of benzene rings is 2. The monoisotopic (exact) mass is 421 g/mol. The lowest BCUT2D eigenvalue weighted by Gasteiger charge is -2.06. The highest BCUT2D eigenvalue weighted by molar-refractivity contribution is 7.09. The zero-order valence-corrected chi connectivity index (χ0v) is 17.3. The van der Waals surface area contributed by atoms with E-state index in [1.54, 1.807) is 11.3 Å².